The lowest BCUT2D eigenvalue weighted by Crippen LogP contribution is -2.69. The van der Waals surface area contributed by atoms with Crippen molar-refractivity contribution in [1.82, 2.24) is 0 Å². The summed E-state index contributed by atoms with van der Waals surface area (Å²) in [5.41, 5.74) is 0. The molecule has 8 unspecified atom stereocenters. The Kier molecular flexibility index (Phi) is 27.6. The maximum absolute atomic E-state index is 13.7. The Labute approximate surface area is 334 Å². The van der Waals surface area contributed by atoms with Crippen molar-refractivity contribution in [2.75, 3.05) is 112 Å². The summed E-state index contributed by atoms with van der Waals surface area (Å²) in [5.74, 6) is -36.2. The zero-order chi connectivity index (χ0) is 46.4. The third-order valence-corrected chi connectivity index (χ3v) is 7.09. The molecule has 0 aliphatic heterocycles. The van der Waals surface area contributed by atoms with Crippen molar-refractivity contribution in [3.63, 3.8) is 0 Å². The van der Waals surface area contributed by atoms with Crippen LogP contribution in [-0.4, -0.2) is 243 Å². The smallest absolute Gasteiger partial charge is 0.384 e. The van der Waals surface area contributed by atoms with E-state index in [-0.39, 0.29) is 66.1 Å². The number of halogens is 12. The highest BCUT2D eigenvalue weighted by atomic mass is 19.4. The van der Waals surface area contributed by atoms with E-state index in [0.29, 0.717) is 0 Å². The molecule has 0 rings (SSSR count). The molecule has 60 heavy (non-hydrogen) atoms. The second kappa shape index (κ2) is 28.3. The van der Waals surface area contributed by atoms with Crippen LogP contribution in [-0.2, 0) is 37.9 Å². The molecule has 0 aromatic carbocycles. The third-order valence-electron chi connectivity index (χ3n) is 7.09. The number of hydrogen-bond donors (Lipinski definition) is 9. The second-order valence-electron chi connectivity index (χ2n) is 13.0. The van der Waals surface area contributed by atoms with Gasteiger partial charge in [0.05, 0.1) is 106 Å². The Morgan fingerprint density at radius 1 is 0.317 bits per heavy atom. The molecule has 9 N–H and O–H groups in total. The maximum Gasteiger partial charge on any atom is 0.384 e. The quantitative estimate of drug-likeness (QED) is 0.0318. The molecule has 8 atom stereocenters. The van der Waals surface area contributed by atoms with E-state index < -0.39 is 131 Å². The first-order chi connectivity index (χ1) is 27.7. The van der Waals surface area contributed by atoms with Crippen molar-refractivity contribution in [1.29, 1.82) is 0 Å². The Hall–Kier alpha value is -1.52. The van der Waals surface area contributed by atoms with Gasteiger partial charge in [-0.25, -0.2) is 8.78 Å². The van der Waals surface area contributed by atoms with Crippen LogP contribution in [0, 0.1) is 0 Å². The Balaban J connectivity index is 4.14. The number of rotatable bonds is 38. The van der Waals surface area contributed by atoms with E-state index in [1.807, 2.05) is 0 Å². The van der Waals surface area contributed by atoms with Crippen molar-refractivity contribution in [2.24, 2.45) is 0 Å². The molecular formula is C31H52F12O17. The summed E-state index contributed by atoms with van der Waals surface area (Å²) in [7, 11) is 0. The minimum absolute atomic E-state index is 0.178. The van der Waals surface area contributed by atoms with Crippen LogP contribution < -0.4 is 0 Å². The molecule has 0 saturated heterocycles. The zero-order valence-electron chi connectivity index (χ0n) is 31.5. The van der Waals surface area contributed by atoms with E-state index in [0.717, 1.165) is 0 Å². The standard InChI is InChI=1S/C31H52F12O17/c32-26(33)28(36,37)30(40,41)31(42,43)29(38,39)27(34,35)17-60-16-25(52)15-59-14-24(51)13-58-12-23(50)11-57-10-22(49)9-56-8-21(48)7-55-6-20(47)5-54-4-19(46)3-53-2-18(45)1-44/h18-26,44-52H,1-17H2. The molecule has 0 bridgehead atoms. The van der Waals surface area contributed by atoms with Gasteiger partial charge in [-0.2, -0.15) is 43.9 Å². The first kappa shape index (κ1) is 58.5. The largest absolute Gasteiger partial charge is 0.394 e. The average Bonchev–Trinajstić information content (AvgIpc) is 3.14. The molecule has 0 saturated carbocycles. The number of ether oxygens (including phenoxy) is 8. The lowest BCUT2D eigenvalue weighted by molar-refractivity contribution is -0.415. The molecule has 0 heterocycles. The summed E-state index contributed by atoms with van der Waals surface area (Å²) in [6, 6.07) is 0. The predicted octanol–water partition coefficient (Wildman–Crippen LogP) is -1.56. The molecule has 0 aromatic heterocycles. The van der Waals surface area contributed by atoms with Gasteiger partial charge in [-0.05, 0) is 0 Å². The first-order valence-corrected chi connectivity index (χ1v) is 17.5. The van der Waals surface area contributed by atoms with Gasteiger partial charge >= 0.3 is 36.0 Å². The average molecular weight is 925 g/mol. The zero-order valence-corrected chi connectivity index (χ0v) is 31.5. The van der Waals surface area contributed by atoms with Crippen LogP contribution >= 0.6 is 0 Å². The summed E-state index contributed by atoms with van der Waals surface area (Å²) in [4.78, 5) is 0. The van der Waals surface area contributed by atoms with E-state index in [1.165, 1.54) is 0 Å². The molecule has 29 heteroatoms. The Bertz CT molecular complexity index is 1110. The van der Waals surface area contributed by atoms with Crippen LogP contribution in [0.25, 0.3) is 0 Å². The van der Waals surface area contributed by atoms with E-state index in [2.05, 4.69) is 4.74 Å². The molecule has 0 spiro atoms. The normalized spacial score (nSPS) is 17.7. The fourth-order valence-corrected chi connectivity index (χ4v) is 3.96. The topological polar surface area (TPSA) is 256 Å². The highest BCUT2D eigenvalue weighted by Crippen LogP contribution is 2.58. The molecule has 0 amide bonds. The van der Waals surface area contributed by atoms with Gasteiger partial charge in [-0.1, -0.05) is 0 Å². The van der Waals surface area contributed by atoms with Gasteiger partial charge in [0.2, 0.25) is 0 Å². The number of aliphatic hydroxyl groups excluding tert-OH is 9. The lowest BCUT2D eigenvalue weighted by atomic mass is 9.94. The minimum Gasteiger partial charge on any atom is -0.394 e. The molecular weight excluding hydrogens is 872 g/mol. The highest BCUT2D eigenvalue weighted by molar-refractivity contribution is 5.09. The van der Waals surface area contributed by atoms with Gasteiger partial charge in [-0.15, -0.1) is 0 Å². The molecule has 17 nitrogen and oxygen atoms in total. The molecule has 0 radical (unpaired) electrons. The van der Waals surface area contributed by atoms with Crippen molar-refractivity contribution >= 4 is 0 Å². The summed E-state index contributed by atoms with van der Waals surface area (Å²) in [6.45, 7) is -9.92. The van der Waals surface area contributed by atoms with Crippen LogP contribution in [0.3, 0.4) is 0 Å². The van der Waals surface area contributed by atoms with Gasteiger partial charge in [-0.3, -0.25) is 0 Å². The van der Waals surface area contributed by atoms with Crippen molar-refractivity contribution in [2.45, 2.75) is 84.9 Å². The summed E-state index contributed by atoms with van der Waals surface area (Å²) >= 11 is 0. The molecule has 0 fully saturated rings. The highest BCUT2D eigenvalue weighted by Gasteiger charge is 2.87. The summed E-state index contributed by atoms with van der Waals surface area (Å²) < 4.78 is 197. The maximum atomic E-state index is 13.7. The molecule has 362 valence electrons. The van der Waals surface area contributed by atoms with Crippen LogP contribution in [0.15, 0.2) is 0 Å². The van der Waals surface area contributed by atoms with Crippen LogP contribution in [0.4, 0.5) is 52.7 Å². The fourth-order valence-electron chi connectivity index (χ4n) is 3.96. The molecule has 0 aromatic rings. The first-order valence-electron chi connectivity index (χ1n) is 17.5. The summed E-state index contributed by atoms with van der Waals surface area (Å²) in [6.07, 6.45) is -16.0. The van der Waals surface area contributed by atoms with E-state index in [9.17, 15) is 88.4 Å². The van der Waals surface area contributed by atoms with Gasteiger partial charge in [0.15, 0.2) is 0 Å². The van der Waals surface area contributed by atoms with Gasteiger partial charge in [0.25, 0.3) is 0 Å². The van der Waals surface area contributed by atoms with Gasteiger partial charge < -0.3 is 83.9 Å². The van der Waals surface area contributed by atoms with E-state index >= 15 is 0 Å². The van der Waals surface area contributed by atoms with Crippen LogP contribution in [0.2, 0.25) is 0 Å². The van der Waals surface area contributed by atoms with Crippen LogP contribution in [0.5, 0.6) is 0 Å². The lowest BCUT2D eigenvalue weighted by Gasteiger charge is -2.39. The van der Waals surface area contributed by atoms with E-state index in [4.69, 9.17) is 43.4 Å². The van der Waals surface area contributed by atoms with Gasteiger partial charge in [0, 0.05) is 0 Å². The van der Waals surface area contributed by atoms with Crippen molar-refractivity contribution < 1.29 is 137 Å². The number of aliphatic hydroxyl groups is 9. The molecule has 0 aliphatic rings. The van der Waals surface area contributed by atoms with Crippen molar-refractivity contribution in [3.05, 3.63) is 0 Å². The number of alkyl halides is 12. The predicted molar refractivity (Wildman–Crippen MR) is 172 cm³/mol. The third kappa shape index (κ3) is 20.8. The SMILES string of the molecule is OCC(O)COCC(O)COCC(O)COCC(O)COCC(O)COCC(O)COCC(O)COCC(O)COCC(F)(F)C(F)(F)C(F)(F)C(F)(F)C(F)(F)C(F)F. The monoisotopic (exact) mass is 924 g/mol. The second-order valence-corrected chi connectivity index (χ2v) is 13.0. The summed E-state index contributed by atoms with van der Waals surface area (Å²) in [5, 5.41) is 86.4. The fraction of sp³-hybridized carbons (Fsp3) is 1.00. The Morgan fingerprint density at radius 3 is 0.750 bits per heavy atom. The van der Waals surface area contributed by atoms with Crippen LogP contribution in [0.1, 0.15) is 0 Å². The minimum atomic E-state index is -7.71. The Morgan fingerprint density at radius 2 is 0.533 bits per heavy atom. The number of hydrogen-bond acceptors (Lipinski definition) is 17. The van der Waals surface area contributed by atoms with Crippen molar-refractivity contribution in [3.8, 4) is 0 Å². The van der Waals surface area contributed by atoms with Gasteiger partial charge in [0.1, 0.15) is 55.4 Å². The molecule has 0 aliphatic carbocycles. The van der Waals surface area contributed by atoms with E-state index in [1.54, 1.807) is 0 Å².